The van der Waals surface area contributed by atoms with E-state index in [9.17, 15) is 0 Å². The summed E-state index contributed by atoms with van der Waals surface area (Å²) < 4.78 is 11.3. The topological polar surface area (TPSA) is 30.5 Å². The molecule has 0 radical (unpaired) electrons. The summed E-state index contributed by atoms with van der Waals surface area (Å²) in [6.45, 7) is 3.66. The van der Waals surface area contributed by atoms with Crippen LogP contribution in [0.4, 0.5) is 0 Å². The molecule has 1 aliphatic carbocycles. The predicted molar refractivity (Wildman–Crippen MR) is 64.7 cm³/mol. The van der Waals surface area contributed by atoms with Crippen LogP contribution >= 0.6 is 0 Å². The number of nitrogens with one attached hydrogen (secondary N) is 1. The van der Waals surface area contributed by atoms with Crippen LogP contribution in [0.5, 0.6) is 0 Å². The lowest BCUT2D eigenvalue weighted by molar-refractivity contribution is 0.0237. The van der Waals surface area contributed by atoms with E-state index in [-0.39, 0.29) is 0 Å². The third-order valence-electron chi connectivity index (χ3n) is 3.60. The molecule has 2 rings (SSSR count). The Morgan fingerprint density at radius 1 is 1.06 bits per heavy atom. The first-order valence-electron chi connectivity index (χ1n) is 6.88. The van der Waals surface area contributed by atoms with E-state index >= 15 is 0 Å². The number of rotatable bonds is 5. The molecule has 2 aliphatic rings. The third-order valence-corrected chi connectivity index (χ3v) is 3.60. The average Bonchev–Trinajstić information content (AvgIpc) is 2.37. The molecule has 94 valence electrons. The van der Waals surface area contributed by atoms with Crippen molar-refractivity contribution in [2.24, 2.45) is 0 Å². The molecule has 3 heteroatoms. The molecule has 3 nitrogen and oxygen atoms in total. The van der Waals surface area contributed by atoms with Crippen LogP contribution in [-0.2, 0) is 9.47 Å². The Morgan fingerprint density at radius 2 is 1.94 bits per heavy atom. The van der Waals surface area contributed by atoms with E-state index in [1.165, 1.54) is 44.9 Å². The summed E-state index contributed by atoms with van der Waals surface area (Å²) in [6, 6.07) is 0.559. The molecule has 1 unspecified atom stereocenters. The first-order valence-corrected chi connectivity index (χ1v) is 6.88. The zero-order valence-corrected chi connectivity index (χ0v) is 10.2. The van der Waals surface area contributed by atoms with Gasteiger partial charge in [0.2, 0.25) is 0 Å². The fourth-order valence-corrected chi connectivity index (χ4v) is 2.62. The van der Waals surface area contributed by atoms with E-state index in [0.717, 1.165) is 26.4 Å². The van der Waals surface area contributed by atoms with Gasteiger partial charge < -0.3 is 14.8 Å². The van der Waals surface area contributed by atoms with Crippen molar-refractivity contribution in [2.75, 3.05) is 26.4 Å². The Balaban J connectivity index is 1.47. The average molecular weight is 227 g/mol. The normalized spacial score (nSPS) is 28.1. The summed E-state index contributed by atoms with van der Waals surface area (Å²) in [7, 11) is 0. The third kappa shape index (κ3) is 4.40. The summed E-state index contributed by atoms with van der Waals surface area (Å²) in [5.74, 6) is 0. The Kier molecular flexibility index (Phi) is 5.59. The molecule has 1 heterocycles. The minimum Gasteiger partial charge on any atom is -0.380 e. The highest BCUT2D eigenvalue weighted by Gasteiger charge is 2.15. The van der Waals surface area contributed by atoms with Gasteiger partial charge in [-0.25, -0.2) is 0 Å². The minimum atomic E-state index is 0.540. The second-order valence-electron chi connectivity index (χ2n) is 5.00. The molecule has 0 aromatic heterocycles. The molecular weight excluding hydrogens is 202 g/mol. The van der Waals surface area contributed by atoms with E-state index in [1.807, 2.05) is 0 Å². The highest BCUT2D eigenvalue weighted by atomic mass is 16.5. The van der Waals surface area contributed by atoms with Crippen LogP contribution in [0, 0.1) is 0 Å². The molecular formula is C13H25NO2. The highest BCUT2D eigenvalue weighted by Crippen LogP contribution is 2.19. The zero-order valence-electron chi connectivity index (χ0n) is 10.2. The van der Waals surface area contributed by atoms with Crippen molar-refractivity contribution in [1.82, 2.24) is 5.32 Å². The molecule has 1 aliphatic heterocycles. The van der Waals surface area contributed by atoms with Gasteiger partial charge in [-0.3, -0.25) is 0 Å². The van der Waals surface area contributed by atoms with Crippen molar-refractivity contribution >= 4 is 0 Å². The van der Waals surface area contributed by atoms with Crippen molar-refractivity contribution in [3.8, 4) is 0 Å². The molecule has 0 bridgehead atoms. The van der Waals surface area contributed by atoms with Crippen LogP contribution < -0.4 is 5.32 Å². The van der Waals surface area contributed by atoms with E-state index < -0.39 is 0 Å². The Morgan fingerprint density at radius 3 is 2.69 bits per heavy atom. The smallest absolute Gasteiger partial charge is 0.0619 e. The summed E-state index contributed by atoms with van der Waals surface area (Å²) in [4.78, 5) is 0. The Labute approximate surface area is 98.9 Å². The maximum absolute atomic E-state index is 5.87. The van der Waals surface area contributed by atoms with Gasteiger partial charge in [-0.2, -0.15) is 0 Å². The lowest BCUT2D eigenvalue weighted by Crippen LogP contribution is -2.39. The monoisotopic (exact) mass is 227 g/mol. The first-order chi connectivity index (χ1) is 7.95. The van der Waals surface area contributed by atoms with Crippen LogP contribution in [0.2, 0.25) is 0 Å². The van der Waals surface area contributed by atoms with E-state index in [2.05, 4.69) is 5.32 Å². The molecule has 0 aromatic rings. The van der Waals surface area contributed by atoms with Gasteiger partial charge in [-0.05, 0) is 25.7 Å². The summed E-state index contributed by atoms with van der Waals surface area (Å²) >= 11 is 0. The molecule has 1 N–H and O–H groups in total. The summed E-state index contributed by atoms with van der Waals surface area (Å²) in [6.07, 6.45) is 9.64. The molecule has 1 saturated heterocycles. The summed E-state index contributed by atoms with van der Waals surface area (Å²) in [5, 5.41) is 3.51. The second kappa shape index (κ2) is 7.25. The molecule has 0 spiro atoms. The van der Waals surface area contributed by atoms with Crippen LogP contribution in [0.1, 0.15) is 44.9 Å². The summed E-state index contributed by atoms with van der Waals surface area (Å²) in [5.41, 5.74) is 0. The van der Waals surface area contributed by atoms with Crippen molar-refractivity contribution < 1.29 is 9.47 Å². The fourth-order valence-electron chi connectivity index (χ4n) is 2.62. The molecule has 2 fully saturated rings. The molecule has 0 amide bonds. The second-order valence-corrected chi connectivity index (χ2v) is 5.00. The standard InChI is InChI=1S/C13H25NO2/c1-2-6-13(7-3-1)16-10-8-14-12-5-4-9-15-11-12/h12-14H,1-11H2. The molecule has 0 aromatic carbocycles. The molecule has 1 atom stereocenters. The van der Waals surface area contributed by atoms with E-state index in [0.29, 0.717) is 12.1 Å². The van der Waals surface area contributed by atoms with Crippen LogP contribution in [0.3, 0.4) is 0 Å². The Hall–Kier alpha value is -0.120. The van der Waals surface area contributed by atoms with Gasteiger partial charge in [-0.15, -0.1) is 0 Å². The predicted octanol–water partition coefficient (Wildman–Crippen LogP) is 2.10. The maximum Gasteiger partial charge on any atom is 0.0619 e. The van der Waals surface area contributed by atoms with Crippen molar-refractivity contribution in [2.45, 2.75) is 57.1 Å². The van der Waals surface area contributed by atoms with Crippen LogP contribution in [0.25, 0.3) is 0 Å². The van der Waals surface area contributed by atoms with Gasteiger partial charge in [0.15, 0.2) is 0 Å². The highest BCUT2D eigenvalue weighted by molar-refractivity contribution is 4.70. The van der Waals surface area contributed by atoms with Crippen molar-refractivity contribution in [3.63, 3.8) is 0 Å². The van der Waals surface area contributed by atoms with Gasteiger partial charge >= 0.3 is 0 Å². The quantitative estimate of drug-likeness (QED) is 0.730. The van der Waals surface area contributed by atoms with Crippen molar-refractivity contribution in [1.29, 1.82) is 0 Å². The number of hydrogen-bond donors (Lipinski definition) is 1. The first kappa shape index (κ1) is 12.3. The SMILES string of the molecule is C1CCC(OCCNC2CCCOC2)CC1. The van der Waals surface area contributed by atoms with E-state index in [4.69, 9.17) is 9.47 Å². The molecule has 16 heavy (non-hydrogen) atoms. The van der Waals surface area contributed by atoms with Crippen LogP contribution in [-0.4, -0.2) is 38.5 Å². The minimum absolute atomic E-state index is 0.540. The van der Waals surface area contributed by atoms with E-state index in [1.54, 1.807) is 0 Å². The number of ether oxygens (including phenoxy) is 2. The van der Waals surface area contributed by atoms with Crippen molar-refractivity contribution in [3.05, 3.63) is 0 Å². The molecule has 1 saturated carbocycles. The van der Waals surface area contributed by atoms with Crippen LogP contribution in [0.15, 0.2) is 0 Å². The van der Waals surface area contributed by atoms with Gasteiger partial charge in [0, 0.05) is 19.2 Å². The van der Waals surface area contributed by atoms with Gasteiger partial charge in [0.1, 0.15) is 0 Å². The maximum atomic E-state index is 5.87. The lowest BCUT2D eigenvalue weighted by atomic mass is 9.98. The fraction of sp³-hybridized carbons (Fsp3) is 1.00. The number of hydrogen-bond acceptors (Lipinski definition) is 3. The van der Waals surface area contributed by atoms with Gasteiger partial charge in [0.05, 0.1) is 19.3 Å². The van der Waals surface area contributed by atoms with Gasteiger partial charge in [0.25, 0.3) is 0 Å². The largest absolute Gasteiger partial charge is 0.380 e. The lowest BCUT2D eigenvalue weighted by Gasteiger charge is -2.25. The Bertz CT molecular complexity index is 155. The van der Waals surface area contributed by atoms with Gasteiger partial charge in [-0.1, -0.05) is 19.3 Å². The zero-order chi connectivity index (χ0) is 11.1.